The van der Waals surface area contributed by atoms with E-state index in [0.29, 0.717) is 6.54 Å². The van der Waals surface area contributed by atoms with Crippen molar-refractivity contribution >= 4 is 11.7 Å². The molecule has 1 saturated carbocycles. The number of nitrogens with one attached hydrogen (secondary N) is 1. The van der Waals surface area contributed by atoms with E-state index in [4.69, 9.17) is 10.5 Å². The summed E-state index contributed by atoms with van der Waals surface area (Å²) in [4.78, 5) is 19.6. The topological polar surface area (TPSA) is 90.1 Å². The number of ether oxygens (including phenoxy) is 1. The van der Waals surface area contributed by atoms with Crippen molar-refractivity contribution in [2.24, 2.45) is 5.41 Å². The quantitative estimate of drug-likeness (QED) is 0.771. The maximum absolute atomic E-state index is 11.8. The van der Waals surface area contributed by atoms with Crippen LogP contribution in [0.25, 0.3) is 0 Å². The van der Waals surface area contributed by atoms with Crippen LogP contribution in [0.2, 0.25) is 0 Å². The van der Waals surface area contributed by atoms with Crippen molar-refractivity contribution in [3.8, 4) is 0 Å². The summed E-state index contributed by atoms with van der Waals surface area (Å²) in [5.74, 6) is 0.0293. The highest BCUT2D eigenvalue weighted by molar-refractivity contribution is 5.92. The van der Waals surface area contributed by atoms with Gasteiger partial charge in [-0.15, -0.1) is 0 Å². The second-order valence-corrected chi connectivity index (χ2v) is 4.75. The molecular weight excluding hydrogens is 232 g/mol. The van der Waals surface area contributed by atoms with Crippen LogP contribution in [0.5, 0.6) is 0 Å². The molecule has 6 nitrogen and oxygen atoms in total. The number of methoxy groups -OCH3 is 1. The van der Waals surface area contributed by atoms with Gasteiger partial charge in [0.05, 0.1) is 12.4 Å². The summed E-state index contributed by atoms with van der Waals surface area (Å²) in [5, 5.41) is 2.89. The summed E-state index contributed by atoms with van der Waals surface area (Å²) in [5.41, 5.74) is 5.97. The Bertz CT molecular complexity index is 432. The zero-order valence-electron chi connectivity index (χ0n) is 10.5. The number of amides is 1. The fourth-order valence-electron chi connectivity index (χ4n) is 1.86. The van der Waals surface area contributed by atoms with Crippen LogP contribution in [-0.2, 0) is 4.74 Å². The summed E-state index contributed by atoms with van der Waals surface area (Å²) < 4.78 is 5.07. The largest absolute Gasteiger partial charge is 0.385 e. The van der Waals surface area contributed by atoms with Crippen molar-refractivity contribution in [1.29, 1.82) is 0 Å². The Morgan fingerprint density at radius 2 is 2.33 bits per heavy atom. The monoisotopic (exact) mass is 250 g/mol. The van der Waals surface area contributed by atoms with Gasteiger partial charge in [0.1, 0.15) is 11.5 Å². The third kappa shape index (κ3) is 3.16. The summed E-state index contributed by atoms with van der Waals surface area (Å²) >= 11 is 0. The predicted molar refractivity (Wildman–Crippen MR) is 66.9 cm³/mol. The standard InChI is InChI=1S/C12H18N4O2/c1-18-5-4-12(2-3-12)8-15-11(17)9-6-14-7-10(13)16-9/h6-7H,2-5,8H2,1H3,(H2,13,16)(H,15,17). The van der Waals surface area contributed by atoms with Gasteiger partial charge in [0, 0.05) is 20.3 Å². The van der Waals surface area contributed by atoms with Crippen molar-refractivity contribution in [3.05, 3.63) is 18.1 Å². The minimum atomic E-state index is -0.224. The number of carbonyl (C=O) groups excluding carboxylic acids is 1. The number of carbonyl (C=O) groups is 1. The maximum Gasteiger partial charge on any atom is 0.271 e. The molecule has 6 heteroatoms. The van der Waals surface area contributed by atoms with Crippen molar-refractivity contribution < 1.29 is 9.53 Å². The first-order valence-electron chi connectivity index (χ1n) is 6.00. The third-order valence-corrected chi connectivity index (χ3v) is 3.30. The molecule has 0 spiro atoms. The van der Waals surface area contributed by atoms with Gasteiger partial charge in [-0.05, 0) is 24.7 Å². The zero-order chi connectivity index (χ0) is 13.0. The molecule has 0 saturated heterocycles. The SMILES string of the molecule is COCCC1(CNC(=O)c2cncc(N)n2)CC1. The average Bonchev–Trinajstić information content (AvgIpc) is 3.14. The second kappa shape index (κ2) is 5.30. The lowest BCUT2D eigenvalue weighted by Gasteiger charge is -2.15. The number of nitrogen functional groups attached to an aromatic ring is 1. The predicted octanol–water partition coefficient (Wildman–Crippen LogP) is 0.605. The van der Waals surface area contributed by atoms with E-state index in [1.807, 2.05) is 0 Å². The highest BCUT2D eigenvalue weighted by atomic mass is 16.5. The molecule has 1 aromatic rings. The van der Waals surface area contributed by atoms with E-state index < -0.39 is 0 Å². The fraction of sp³-hybridized carbons (Fsp3) is 0.583. The minimum absolute atomic E-state index is 0.222. The third-order valence-electron chi connectivity index (χ3n) is 3.30. The molecule has 0 aromatic carbocycles. The van der Waals surface area contributed by atoms with E-state index in [9.17, 15) is 4.79 Å². The van der Waals surface area contributed by atoms with Crippen LogP contribution in [0.1, 0.15) is 29.8 Å². The van der Waals surface area contributed by atoms with Gasteiger partial charge in [-0.25, -0.2) is 4.98 Å². The van der Waals surface area contributed by atoms with Gasteiger partial charge in [-0.2, -0.15) is 0 Å². The van der Waals surface area contributed by atoms with Gasteiger partial charge in [0.15, 0.2) is 0 Å². The normalized spacial score (nSPS) is 16.3. The molecule has 1 aliphatic rings. The van der Waals surface area contributed by atoms with Crippen LogP contribution in [0, 0.1) is 5.41 Å². The van der Waals surface area contributed by atoms with Crippen molar-refractivity contribution in [1.82, 2.24) is 15.3 Å². The number of aromatic nitrogens is 2. The molecule has 0 radical (unpaired) electrons. The second-order valence-electron chi connectivity index (χ2n) is 4.75. The molecule has 0 aliphatic heterocycles. The van der Waals surface area contributed by atoms with Gasteiger partial charge in [0.25, 0.3) is 5.91 Å². The molecule has 18 heavy (non-hydrogen) atoms. The Balaban J connectivity index is 1.85. The molecule has 2 rings (SSSR count). The van der Waals surface area contributed by atoms with E-state index in [-0.39, 0.29) is 22.8 Å². The minimum Gasteiger partial charge on any atom is -0.385 e. The molecule has 98 valence electrons. The Morgan fingerprint density at radius 3 is 2.94 bits per heavy atom. The molecule has 1 fully saturated rings. The maximum atomic E-state index is 11.8. The van der Waals surface area contributed by atoms with E-state index >= 15 is 0 Å². The first-order chi connectivity index (χ1) is 8.65. The Hall–Kier alpha value is -1.69. The Labute approximate surface area is 106 Å². The highest BCUT2D eigenvalue weighted by Gasteiger charge is 2.42. The van der Waals surface area contributed by atoms with Gasteiger partial charge >= 0.3 is 0 Å². The molecule has 3 N–H and O–H groups in total. The van der Waals surface area contributed by atoms with Gasteiger partial charge in [0.2, 0.25) is 0 Å². The Kier molecular flexibility index (Phi) is 3.76. The van der Waals surface area contributed by atoms with Crippen molar-refractivity contribution in [2.75, 3.05) is 26.0 Å². The molecule has 0 unspecified atom stereocenters. The number of hydrogen-bond donors (Lipinski definition) is 2. The number of nitrogens with two attached hydrogens (primary N) is 1. The summed E-state index contributed by atoms with van der Waals surface area (Å²) in [6, 6.07) is 0. The van der Waals surface area contributed by atoms with Crippen LogP contribution in [-0.4, -0.2) is 36.1 Å². The molecule has 1 aromatic heterocycles. The first-order valence-corrected chi connectivity index (χ1v) is 6.00. The van der Waals surface area contributed by atoms with Gasteiger partial charge in [-0.1, -0.05) is 0 Å². The number of nitrogens with zero attached hydrogens (tertiary/aromatic N) is 2. The first kappa shape index (κ1) is 12.8. The smallest absolute Gasteiger partial charge is 0.271 e. The van der Waals surface area contributed by atoms with Crippen LogP contribution < -0.4 is 11.1 Å². The Morgan fingerprint density at radius 1 is 1.56 bits per heavy atom. The number of rotatable bonds is 6. The van der Waals surface area contributed by atoms with E-state index in [0.717, 1.165) is 25.9 Å². The molecule has 0 atom stereocenters. The molecular formula is C12H18N4O2. The van der Waals surface area contributed by atoms with Crippen LogP contribution in [0.15, 0.2) is 12.4 Å². The number of hydrogen-bond acceptors (Lipinski definition) is 5. The van der Waals surface area contributed by atoms with E-state index in [2.05, 4.69) is 15.3 Å². The zero-order valence-corrected chi connectivity index (χ0v) is 10.5. The van der Waals surface area contributed by atoms with Crippen LogP contribution in [0.4, 0.5) is 5.82 Å². The van der Waals surface area contributed by atoms with Gasteiger partial charge in [-0.3, -0.25) is 9.78 Å². The lowest BCUT2D eigenvalue weighted by Crippen LogP contribution is -2.31. The summed E-state index contributed by atoms with van der Waals surface area (Å²) in [6.07, 6.45) is 6.09. The van der Waals surface area contributed by atoms with Crippen molar-refractivity contribution in [2.45, 2.75) is 19.3 Å². The van der Waals surface area contributed by atoms with Crippen LogP contribution in [0.3, 0.4) is 0 Å². The fourth-order valence-corrected chi connectivity index (χ4v) is 1.86. The molecule has 1 amide bonds. The number of anilines is 1. The lowest BCUT2D eigenvalue weighted by atomic mass is 10.0. The molecule has 1 aliphatic carbocycles. The highest BCUT2D eigenvalue weighted by Crippen LogP contribution is 2.48. The molecule has 1 heterocycles. The summed E-state index contributed by atoms with van der Waals surface area (Å²) in [7, 11) is 1.69. The van der Waals surface area contributed by atoms with Crippen LogP contribution >= 0.6 is 0 Å². The van der Waals surface area contributed by atoms with Crippen molar-refractivity contribution in [3.63, 3.8) is 0 Å². The van der Waals surface area contributed by atoms with Gasteiger partial charge < -0.3 is 15.8 Å². The van der Waals surface area contributed by atoms with E-state index in [1.165, 1.54) is 12.4 Å². The molecule has 0 bridgehead atoms. The lowest BCUT2D eigenvalue weighted by molar-refractivity contribution is 0.0932. The average molecular weight is 250 g/mol. The van der Waals surface area contributed by atoms with E-state index in [1.54, 1.807) is 7.11 Å². The summed E-state index contributed by atoms with van der Waals surface area (Å²) in [6.45, 7) is 1.39.